The Kier molecular flexibility index (Phi) is 5.61. The number of hydrogen-bond acceptors (Lipinski definition) is 3. The number of carbonyl (C=O) groups is 2. The molecular weight excluding hydrogens is 224 g/mol. The lowest BCUT2D eigenvalue weighted by Crippen LogP contribution is -2.22. The minimum absolute atomic E-state index is 0.0790. The van der Waals surface area contributed by atoms with E-state index in [1.807, 2.05) is 0 Å². The summed E-state index contributed by atoms with van der Waals surface area (Å²) in [5, 5.41) is 26.9. The number of carboxylic acid groups (broad SMARTS) is 2. The van der Waals surface area contributed by atoms with Gasteiger partial charge in [-0.3, -0.25) is 0 Å². The smallest absolute Gasteiger partial charge is 0.330 e. The molecule has 0 unspecified atom stereocenters. The Balaban J connectivity index is 5.47. The maximum atomic E-state index is 10.7. The van der Waals surface area contributed by atoms with E-state index in [2.05, 4.69) is 0 Å². The van der Waals surface area contributed by atoms with Gasteiger partial charge in [-0.2, -0.15) is 0 Å². The van der Waals surface area contributed by atoms with Crippen molar-refractivity contribution in [1.29, 1.82) is 0 Å². The van der Waals surface area contributed by atoms with E-state index < -0.39 is 17.4 Å². The molecule has 0 aromatic carbocycles. The third kappa shape index (κ3) is 4.40. The molecule has 0 amide bonds. The maximum Gasteiger partial charge on any atom is 0.330 e. The van der Waals surface area contributed by atoms with Crippen molar-refractivity contribution in [3.8, 4) is 0 Å². The second-order valence-electron chi connectivity index (χ2n) is 4.01. The maximum absolute atomic E-state index is 10.7. The van der Waals surface area contributed by atoms with Gasteiger partial charge in [0.25, 0.3) is 0 Å². The highest BCUT2D eigenvalue weighted by Gasteiger charge is 2.24. The van der Waals surface area contributed by atoms with Crippen molar-refractivity contribution in [1.82, 2.24) is 0 Å². The molecular formula is C12H18O5. The lowest BCUT2D eigenvalue weighted by Gasteiger charge is -2.24. The standard InChI is InChI=1S/C12H18O5/c1-4-12(7-13,5-8(2)10(14)15)6-9(3)11(16)17/h5-6,13H,4,7H2,1-3H3,(H,14,15)(H,16,17). The van der Waals surface area contributed by atoms with Gasteiger partial charge >= 0.3 is 11.9 Å². The summed E-state index contributed by atoms with van der Waals surface area (Å²) in [5.74, 6) is -2.17. The van der Waals surface area contributed by atoms with Crippen LogP contribution in [-0.4, -0.2) is 33.9 Å². The summed E-state index contributed by atoms with van der Waals surface area (Å²) in [6.07, 6.45) is 3.20. The summed E-state index contributed by atoms with van der Waals surface area (Å²) in [6.45, 7) is 4.24. The van der Waals surface area contributed by atoms with Crippen LogP contribution in [0.4, 0.5) is 0 Å². The van der Waals surface area contributed by atoms with Gasteiger partial charge in [-0.15, -0.1) is 0 Å². The van der Waals surface area contributed by atoms with Crippen LogP contribution in [0.2, 0.25) is 0 Å². The molecule has 0 aromatic heterocycles. The SMILES string of the molecule is CCC(C=C(C)C(=O)O)(C=C(C)C(=O)O)CO. The van der Waals surface area contributed by atoms with E-state index in [1.165, 1.54) is 26.0 Å². The Hall–Kier alpha value is -1.62. The highest BCUT2D eigenvalue weighted by molar-refractivity contribution is 5.87. The van der Waals surface area contributed by atoms with Gasteiger partial charge in [-0.05, 0) is 20.3 Å². The Morgan fingerprint density at radius 2 is 1.41 bits per heavy atom. The van der Waals surface area contributed by atoms with Crippen LogP contribution in [0.5, 0.6) is 0 Å². The van der Waals surface area contributed by atoms with Crippen LogP contribution >= 0.6 is 0 Å². The van der Waals surface area contributed by atoms with Crippen LogP contribution in [-0.2, 0) is 9.59 Å². The summed E-state index contributed by atoms with van der Waals surface area (Å²) >= 11 is 0. The van der Waals surface area contributed by atoms with Crippen LogP contribution < -0.4 is 0 Å². The zero-order chi connectivity index (χ0) is 13.6. The predicted molar refractivity (Wildman–Crippen MR) is 62.6 cm³/mol. The lowest BCUT2D eigenvalue weighted by atomic mass is 9.82. The summed E-state index contributed by atoms with van der Waals surface area (Å²) < 4.78 is 0. The van der Waals surface area contributed by atoms with E-state index in [0.717, 1.165) is 0 Å². The van der Waals surface area contributed by atoms with E-state index in [1.54, 1.807) is 6.92 Å². The number of aliphatic carboxylic acids is 2. The monoisotopic (exact) mass is 242 g/mol. The second-order valence-corrected chi connectivity index (χ2v) is 4.01. The molecule has 5 heteroatoms. The van der Waals surface area contributed by atoms with E-state index in [-0.39, 0.29) is 17.8 Å². The Morgan fingerprint density at radius 3 is 1.59 bits per heavy atom. The number of rotatable bonds is 6. The molecule has 0 spiro atoms. The molecule has 0 radical (unpaired) electrons. The lowest BCUT2D eigenvalue weighted by molar-refractivity contribution is -0.133. The molecule has 0 fully saturated rings. The highest BCUT2D eigenvalue weighted by atomic mass is 16.4. The third-order valence-electron chi connectivity index (χ3n) is 2.64. The highest BCUT2D eigenvalue weighted by Crippen LogP contribution is 2.28. The fourth-order valence-corrected chi connectivity index (χ4v) is 1.43. The largest absolute Gasteiger partial charge is 0.478 e. The molecule has 0 aromatic rings. The summed E-state index contributed by atoms with van der Waals surface area (Å²) in [6, 6.07) is 0. The van der Waals surface area contributed by atoms with Gasteiger partial charge in [0.05, 0.1) is 6.61 Å². The molecule has 0 heterocycles. The Morgan fingerprint density at radius 1 is 1.06 bits per heavy atom. The van der Waals surface area contributed by atoms with Crippen molar-refractivity contribution in [3.05, 3.63) is 23.3 Å². The molecule has 0 saturated heterocycles. The topological polar surface area (TPSA) is 94.8 Å². The Labute approximate surface area is 100 Å². The molecule has 0 aliphatic heterocycles. The first kappa shape index (κ1) is 15.4. The second kappa shape index (κ2) is 6.20. The van der Waals surface area contributed by atoms with Crippen LogP contribution in [0, 0.1) is 5.41 Å². The van der Waals surface area contributed by atoms with Crippen molar-refractivity contribution < 1.29 is 24.9 Å². The zero-order valence-corrected chi connectivity index (χ0v) is 10.2. The number of carboxylic acids is 2. The van der Waals surface area contributed by atoms with Crippen LogP contribution in [0.3, 0.4) is 0 Å². The van der Waals surface area contributed by atoms with Gasteiger partial charge in [0.1, 0.15) is 0 Å². The van der Waals surface area contributed by atoms with Gasteiger partial charge < -0.3 is 15.3 Å². The van der Waals surface area contributed by atoms with Crippen LogP contribution in [0.15, 0.2) is 23.3 Å². The predicted octanol–water partition coefficient (Wildman–Crippen LogP) is 1.44. The third-order valence-corrected chi connectivity index (χ3v) is 2.64. The van der Waals surface area contributed by atoms with Crippen molar-refractivity contribution >= 4 is 11.9 Å². The minimum atomic E-state index is -1.09. The first-order valence-electron chi connectivity index (χ1n) is 5.24. The van der Waals surface area contributed by atoms with Crippen molar-refractivity contribution in [2.45, 2.75) is 27.2 Å². The average Bonchev–Trinajstić information content (AvgIpc) is 2.27. The minimum Gasteiger partial charge on any atom is -0.478 e. The summed E-state index contributed by atoms with van der Waals surface area (Å²) in [4.78, 5) is 21.5. The van der Waals surface area contributed by atoms with Gasteiger partial charge in [0, 0.05) is 16.6 Å². The van der Waals surface area contributed by atoms with Crippen molar-refractivity contribution in [3.63, 3.8) is 0 Å². The molecule has 17 heavy (non-hydrogen) atoms. The summed E-state index contributed by atoms with van der Waals surface area (Å²) in [5.41, 5.74) is -0.782. The average molecular weight is 242 g/mol. The Bertz CT molecular complexity index is 329. The van der Waals surface area contributed by atoms with Crippen LogP contribution in [0.1, 0.15) is 27.2 Å². The van der Waals surface area contributed by atoms with Crippen molar-refractivity contribution in [2.75, 3.05) is 6.61 Å². The summed E-state index contributed by atoms with van der Waals surface area (Å²) in [7, 11) is 0. The van der Waals surface area contributed by atoms with Gasteiger partial charge in [-0.25, -0.2) is 9.59 Å². The van der Waals surface area contributed by atoms with Gasteiger partial charge in [0.2, 0.25) is 0 Å². The number of aliphatic hydroxyl groups excluding tert-OH is 1. The quantitative estimate of drug-likeness (QED) is 0.612. The molecule has 3 N–H and O–H groups in total. The first-order valence-corrected chi connectivity index (χ1v) is 5.24. The van der Waals surface area contributed by atoms with E-state index in [9.17, 15) is 14.7 Å². The molecule has 0 atom stereocenters. The first-order chi connectivity index (χ1) is 7.78. The van der Waals surface area contributed by atoms with Crippen molar-refractivity contribution in [2.24, 2.45) is 5.41 Å². The van der Waals surface area contributed by atoms with Crippen LogP contribution in [0.25, 0.3) is 0 Å². The molecule has 0 rings (SSSR count). The van der Waals surface area contributed by atoms with Gasteiger partial charge in [0.15, 0.2) is 0 Å². The molecule has 96 valence electrons. The fraction of sp³-hybridized carbons (Fsp3) is 0.500. The molecule has 0 bridgehead atoms. The fourth-order valence-electron chi connectivity index (χ4n) is 1.43. The van der Waals surface area contributed by atoms with E-state index in [0.29, 0.717) is 6.42 Å². The molecule has 0 aliphatic carbocycles. The van der Waals surface area contributed by atoms with Gasteiger partial charge in [-0.1, -0.05) is 19.1 Å². The molecule has 0 aliphatic rings. The van der Waals surface area contributed by atoms with E-state index >= 15 is 0 Å². The molecule has 0 saturated carbocycles. The normalized spacial score (nSPS) is 16.5. The molecule has 5 nitrogen and oxygen atoms in total. The van der Waals surface area contributed by atoms with E-state index in [4.69, 9.17) is 10.2 Å². The number of aliphatic hydroxyl groups is 1. The zero-order valence-electron chi connectivity index (χ0n) is 10.2. The number of hydrogen-bond donors (Lipinski definition) is 3.